The summed E-state index contributed by atoms with van der Waals surface area (Å²) in [6, 6.07) is 17.0. The number of morpholine rings is 1. The predicted molar refractivity (Wildman–Crippen MR) is 129 cm³/mol. The topological polar surface area (TPSA) is 73.9 Å². The van der Waals surface area contributed by atoms with Gasteiger partial charge in [-0.05, 0) is 35.7 Å². The second kappa shape index (κ2) is 11.0. The number of rotatable bonds is 8. The molecule has 1 saturated heterocycles. The molecule has 1 atom stereocenters. The minimum atomic E-state index is 0.233. The van der Waals surface area contributed by atoms with Crippen molar-refractivity contribution in [2.45, 2.75) is 12.5 Å². The minimum absolute atomic E-state index is 0.233. The Morgan fingerprint density at radius 3 is 2.66 bits per heavy atom. The quantitative estimate of drug-likeness (QED) is 0.375. The van der Waals surface area contributed by atoms with E-state index in [1.807, 2.05) is 19.2 Å². The lowest BCUT2D eigenvalue weighted by atomic mass is 10.0. The highest BCUT2D eigenvalue weighted by Crippen LogP contribution is 2.23. The smallest absolute Gasteiger partial charge is 0.191 e. The molecule has 0 spiro atoms. The van der Waals surface area contributed by atoms with Crippen molar-refractivity contribution in [1.29, 1.82) is 0 Å². The molecule has 32 heavy (non-hydrogen) atoms. The second-order valence-electron chi connectivity index (χ2n) is 7.93. The van der Waals surface area contributed by atoms with Crippen LogP contribution >= 0.6 is 0 Å². The zero-order valence-electron chi connectivity index (χ0n) is 18.9. The fraction of sp³-hybridized carbons (Fsp3) is 0.400. The van der Waals surface area contributed by atoms with Crippen LogP contribution < -0.4 is 15.4 Å². The van der Waals surface area contributed by atoms with Gasteiger partial charge in [0.05, 0.1) is 26.4 Å². The van der Waals surface area contributed by atoms with Gasteiger partial charge in [-0.2, -0.15) is 0 Å². The third kappa shape index (κ3) is 5.41. The normalized spacial score (nSPS) is 16.1. The number of guanidine groups is 1. The molecule has 3 N–H and O–H groups in total. The summed E-state index contributed by atoms with van der Waals surface area (Å²) >= 11 is 0. The number of aromatic amines is 1. The number of fused-ring (bicyclic) bond motifs is 1. The molecule has 170 valence electrons. The molecule has 0 radical (unpaired) electrons. The zero-order valence-corrected chi connectivity index (χ0v) is 18.9. The number of methoxy groups -OCH3 is 1. The molecule has 2 aromatic carbocycles. The van der Waals surface area contributed by atoms with Gasteiger partial charge in [0, 0.05) is 50.3 Å². The highest BCUT2D eigenvalue weighted by molar-refractivity contribution is 5.83. The van der Waals surface area contributed by atoms with E-state index in [2.05, 4.69) is 68.1 Å². The van der Waals surface area contributed by atoms with Crippen molar-refractivity contribution in [3.05, 3.63) is 65.9 Å². The maximum absolute atomic E-state index is 5.57. The molecule has 1 aromatic heterocycles. The van der Waals surface area contributed by atoms with Gasteiger partial charge >= 0.3 is 0 Å². The molecule has 0 aliphatic carbocycles. The van der Waals surface area contributed by atoms with Crippen molar-refractivity contribution in [3.8, 4) is 5.75 Å². The van der Waals surface area contributed by atoms with E-state index in [0.717, 1.165) is 57.5 Å². The van der Waals surface area contributed by atoms with E-state index in [1.165, 1.54) is 22.0 Å². The molecule has 3 aromatic rings. The Bertz CT molecular complexity index is 1010. The molecule has 1 aliphatic heterocycles. The first kappa shape index (κ1) is 22.2. The average molecular weight is 436 g/mol. The number of aliphatic imine (C=N–C) groups is 1. The second-order valence-corrected chi connectivity index (χ2v) is 7.93. The summed E-state index contributed by atoms with van der Waals surface area (Å²) in [4.78, 5) is 10.2. The fourth-order valence-corrected chi connectivity index (χ4v) is 4.24. The van der Waals surface area contributed by atoms with Crippen LogP contribution in [0.4, 0.5) is 0 Å². The van der Waals surface area contributed by atoms with Crippen molar-refractivity contribution in [2.24, 2.45) is 4.99 Å². The summed E-state index contributed by atoms with van der Waals surface area (Å²) in [5, 5.41) is 8.27. The summed E-state index contributed by atoms with van der Waals surface area (Å²) in [5.41, 5.74) is 3.75. The van der Waals surface area contributed by atoms with Crippen molar-refractivity contribution in [2.75, 3.05) is 53.6 Å². The van der Waals surface area contributed by atoms with Gasteiger partial charge in [-0.15, -0.1) is 0 Å². The Morgan fingerprint density at radius 2 is 1.91 bits per heavy atom. The van der Waals surface area contributed by atoms with Gasteiger partial charge < -0.3 is 25.1 Å². The monoisotopic (exact) mass is 435 g/mol. The summed E-state index contributed by atoms with van der Waals surface area (Å²) in [7, 11) is 3.51. The molecule has 7 nitrogen and oxygen atoms in total. The van der Waals surface area contributed by atoms with E-state index in [-0.39, 0.29) is 6.04 Å². The number of nitrogens with one attached hydrogen (secondary N) is 3. The molecular weight excluding hydrogens is 402 g/mol. The molecule has 1 unspecified atom stereocenters. The third-order valence-electron chi connectivity index (χ3n) is 6.04. The highest BCUT2D eigenvalue weighted by Gasteiger charge is 2.23. The Kier molecular flexibility index (Phi) is 7.64. The number of aromatic nitrogens is 1. The number of ether oxygens (including phenoxy) is 2. The summed E-state index contributed by atoms with van der Waals surface area (Å²) in [6.45, 7) is 4.95. The van der Waals surface area contributed by atoms with E-state index in [1.54, 1.807) is 7.11 Å². The maximum Gasteiger partial charge on any atom is 0.191 e. The third-order valence-corrected chi connectivity index (χ3v) is 6.04. The lowest BCUT2D eigenvalue weighted by Gasteiger charge is -2.35. The van der Waals surface area contributed by atoms with Gasteiger partial charge in [0.2, 0.25) is 0 Å². The summed E-state index contributed by atoms with van der Waals surface area (Å²) < 4.78 is 10.9. The SMILES string of the molecule is CN=C(NCCc1c[nH]c2ccccc12)NCC(c1ccc(OC)cc1)N1CCOCC1. The largest absolute Gasteiger partial charge is 0.497 e. The molecule has 4 rings (SSSR count). The lowest BCUT2D eigenvalue weighted by molar-refractivity contribution is 0.0170. The summed E-state index contributed by atoms with van der Waals surface area (Å²) in [5.74, 6) is 1.69. The number of H-pyrrole nitrogens is 1. The average Bonchev–Trinajstić information content (AvgIpc) is 3.27. The van der Waals surface area contributed by atoms with Crippen LogP contribution in [0.1, 0.15) is 17.2 Å². The van der Waals surface area contributed by atoms with Gasteiger partial charge in [-0.1, -0.05) is 30.3 Å². The van der Waals surface area contributed by atoms with E-state index >= 15 is 0 Å². The number of hydrogen-bond acceptors (Lipinski definition) is 4. The van der Waals surface area contributed by atoms with Crippen molar-refractivity contribution in [1.82, 2.24) is 20.5 Å². The first-order chi connectivity index (χ1) is 15.8. The fourth-order valence-electron chi connectivity index (χ4n) is 4.24. The molecule has 0 amide bonds. The lowest BCUT2D eigenvalue weighted by Crippen LogP contribution is -2.46. The van der Waals surface area contributed by atoms with Crippen LogP contribution in [-0.2, 0) is 11.2 Å². The van der Waals surface area contributed by atoms with Crippen LogP contribution in [0.3, 0.4) is 0 Å². The van der Waals surface area contributed by atoms with Gasteiger partial charge in [0.1, 0.15) is 5.75 Å². The van der Waals surface area contributed by atoms with E-state index in [4.69, 9.17) is 9.47 Å². The van der Waals surface area contributed by atoms with Crippen LogP contribution in [0.25, 0.3) is 10.9 Å². The Balaban J connectivity index is 1.35. The highest BCUT2D eigenvalue weighted by atomic mass is 16.5. The van der Waals surface area contributed by atoms with Gasteiger partial charge in [-0.3, -0.25) is 9.89 Å². The number of nitrogens with zero attached hydrogens (tertiary/aromatic N) is 2. The van der Waals surface area contributed by atoms with Crippen molar-refractivity contribution >= 4 is 16.9 Å². The standard InChI is InChI=1S/C25H33N5O2/c1-26-25(27-12-11-20-17-28-23-6-4-3-5-22(20)23)29-18-24(30-13-15-32-16-14-30)19-7-9-21(31-2)10-8-19/h3-10,17,24,28H,11-16,18H2,1-2H3,(H2,26,27,29). The van der Waals surface area contributed by atoms with Crippen molar-refractivity contribution in [3.63, 3.8) is 0 Å². The predicted octanol–water partition coefficient (Wildman–Crippen LogP) is 2.96. The Morgan fingerprint density at radius 1 is 1.12 bits per heavy atom. The van der Waals surface area contributed by atoms with Gasteiger partial charge in [-0.25, -0.2) is 0 Å². The molecule has 7 heteroatoms. The van der Waals surface area contributed by atoms with E-state index < -0.39 is 0 Å². The van der Waals surface area contributed by atoms with E-state index in [9.17, 15) is 0 Å². The van der Waals surface area contributed by atoms with Crippen LogP contribution in [0, 0.1) is 0 Å². The molecule has 0 bridgehead atoms. The molecule has 2 heterocycles. The molecular formula is C25H33N5O2. The van der Waals surface area contributed by atoms with E-state index in [0.29, 0.717) is 0 Å². The van der Waals surface area contributed by atoms with Crippen LogP contribution in [0.15, 0.2) is 59.7 Å². The number of benzene rings is 2. The zero-order chi connectivity index (χ0) is 22.2. The Labute approximate surface area is 189 Å². The Hall–Kier alpha value is -3.03. The molecule has 0 saturated carbocycles. The van der Waals surface area contributed by atoms with Crippen LogP contribution in [0.5, 0.6) is 5.75 Å². The minimum Gasteiger partial charge on any atom is -0.497 e. The van der Waals surface area contributed by atoms with Gasteiger partial charge in [0.15, 0.2) is 5.96 Å². The number of hydrogen-bond donors (Lipinski definition) is 3. The molecule has 1 fully saturated rings. The maximum atomic E-state index is 5.57. The summed E-state index contributed by atoms with van der Waals surface area (Å²) in [6.07, 6.45) is 3.02. The van der Waals surface area contributed by atoms with Gasteiger partial charge in [0.25, 0.3) is 0 Å². The van der Waals surface area contributed by atoms with Crippen LogP contribution in [0.2, 0.25) is 0 Å². The van der Waals surface area contributed by atoms with Crippen molar-refractivity contribution < 1.29 is 9.47 Å². The van der Waals surface area contributed by atoms with Crippen LogP contribution in [-0.4, -0.2) is 69.4 Å². The first-order valence-electron chi connectivity index (χ1n) is 11.2. The molecule has 1 aliphatic rings. The first-order valence-corrected chi connectivity index (χ1v) is 11.2. The number of para-hydroxylation sites is 1.